The van der Waals surface area contributed by atoms with E-state index in [4.69, 9.17) is 0 Å². The Hall–Kier alpha value is -2.68. The van der Waals surface area contributed by atoms with Gasteiger partial charge in [0.15, 0.2) is 0 Å². The average molecular weight is 289 g/mol. The Labute approximate surface area is 131 Å². The minimum absolute atomic E-state index is 0.289. The highest BCUT2D eigenvalue weighted by Gasteiger charge is 2.14. The van der Waals surface area contributed by atoms with E-state index in [1.807, 2.05) is 25.3 Å². The first-order valence-corrected chi connectivity index (χ1v) is 7.45. The molecule has 1 aromatic heterocycles. The Bertz CT molecular complexity index is 672. The summed E-state index contributed by atoms with van der Waals surface area (Å²) in [6.45, 7) is 2.81. The molecule has 2 aromatic carbocycles. The Morgan fingerprint density at radius 2 is 1.50 bits per heavy atom. The van der Waals surface area contributed by atoms with Gasteiger partial charge in [-0.3, -0.25) is 0 Å². The Morgan fingerprint density at radius 3 is 2.05 bits per heavy atom. The average Bonchev–Trinajstić information content (AvgIpc) is 2.59. The summed E-state index contributed by atoms with van der Waals surface area (Å²) in [7, 11) is 0. The number of nitrogens with zero attached hydrogens (tertiary/aromatic N) is 2. The number of nitrogens with one attached hydrogen (secondary N) is 1. The molecule has 3 rings (SSSR count). The molecule has 0 aliphatic rings. The van der Waals surface area contributed by atoms with E-state index < -0.39 is 0 Å². The van der Waals surface area contributed by atoms with E-state index in [0.29, 0.717) is 0 Å². The standard InChI is InChI=1S/C19H19N3/c1-15-12-20-14-22-19(15)21-13-18(16-8-4-2-5-9-16)17-10-6-3-7-11-17/h2-12,14,18H,13H2,1H3,(H,20,21,22). The molecule has 0 atom stereocenters. The van der Waals surface area contributed by atoms with E-state index in [1.54, 1.807) is 6.33 Å². The highest BCUT2D eigenvalue weighted by atomic mass is 15.0. The van der Waals surface area contributed by atoms with Gasteiger partial charge in [0.05, 0.1) is 0 Å². The zero-order valence-corrected chi connectivity index (χ0v) is 12.6. The van der Waals surface area contributed by atoms with Crippen LogP contribution in [0.25, 0.3) is 0 Å². The fourth-order valence-corrected chi connectivity index (χ4v) is 2.58. The third kappa shape index (κ3) is 3.31. The van der Waals surface area contributed by atoms with Crippen LogP contribution in [0.2, 0.25) is 0 Å². The summed E-state index contributed by atoms with van der Waals surface area (Å²) in [5.74, 6) is 1.18. The number of hydrogen-bond acceptors (Lipinski definition) is 3. The van der Waals surface area contributed by atoms with Gasteiger partial charge in [0, 0.05) is 24.2 Å². The molecular formula is C19H19N3. The molecule has 110 valence electrons. The molecule has 22 heavy (non-hydrogen) atoms. The van der Waals surface area contributed by atoms with Crippen LogP contribution in [0.1, 0.15) is 22.6 Å². The lowest BCUT2D eigenvalue weighted by Crippen LogP contribution is -2.15. The summed E-state index contributed by atoms with van der Waals surface area (Å²) in [6, 6.07) is 21.1. The van der Waals surface area contributed by atoms with Crippen molar-refractivity contribution in [3.05, 3.63) is 89.9 Å². The van der Waals surface area contributed by atoms with Crippen molar-refractivity contribution in [2.45, 2.75) is 12.8 Å². The first-order valence-electron chi connectivity index (χ1n) is 7.45. The maximum atomic E-state index is 4.32. The molecule has 0 aliphatic carbocycles. The summed E-state index contributed by atoms with van der Waals surface area (Å²) in [5, 5.41) is 3.46. The molecule has 3 heteroatoms. The lowest BCUT2D eigenvalue weighted by atomic mass is 9.91. The number of rotatable bonds is 5. The zero-order chi connectivity index (χ0) is 15.2. The second kappa shape index (κ2) is 6.85. The Morgan fingerprint density at radius 1 is 0.909 bits per heavy atom. The van der Waals surface area contributed by atoms with Crippen molar-refractivity contribution in [3.63, 3.8) is 0 Å². The predicted molar refractivity (Wildman–Crippen MR) is 90.0 cm³/mol. The maximum absolute atomic E-state index is 4.32. The van der Waals surface area contributed by atoms with Crippen molar-refractivity contribution >= 4 is 5.82 Å². The molecule has 1 N–H and O–H groups in total. The van der Waals surface area contributed by atoms with Gasteiger partial charge in [-0.25, -0.2) is 9.97 Å². The predicted octanol–water partition coefficient (Wildman–Crippen LogP) is 4.03. The minimum Gasteiger partial charge on any atom is -0.369 e. The van der Waals surface area contributed by atoms with Gasteiger partial charge in [0.1, 0.15) is 12.1 Å². The van der Waals surface area contributed by atoms with Gasteiger partial charge in [-0.15, -0.1) is 0 Å². The summed E-state index contributed by atoms with van der Waals surface area (Å²) in [4.78, 5) is 8.35. The quantitative estimate of drug-likeness (QED) is 0.770. The van der Waals surface area contributed by atoms with Gasteiger partial charge in [-0.05, 0) is 18.1 Å². The smallest absolute Gasteiger partial charge is 0.132 e. The molecule has 0 bridgehead atoms. The molecule has 1 heterocycles. The van der Waals surface area contributed by atoms with Gasteiger partial charge >= 0.3 is 0 Å². The molecule has 0 fully saturated rings. The summed E-state index contributed by atoms with van der Waals surface area (Å²) in [5.41, 5.74) is 3.66. The number of aryl methyl sites for hydroxylation is 1. The van der Waals surface area contributed by atoms with E-state index in [-0.39, 0.29) is 5.92 Å². The fraction of sp³-hybridized carbons (Fsp3) is 0.158. The van der Waals surface area contributed by atoms with E-state index in [9.17, 15) is 0 Å². The topological polar surface area (TPSA) is 37.8 Å². The lowest BCUT2D eigenvalue weighted by molar-refractivity contribution is 0.846. The van der Waals surface area contributed by atoms with Crippen molar-refractivity contribution in [2.24, 2.45) is 0 Å². The molecule has 3 nitrogen and oxygen atoms in total. The summed E-state index contributed by atoms with van der Waals surface area (Å²) >= 11 is 0. The Kier molecular flexibility index (Phi) is 4.44. The van der Waals surface area contributed by atoms with Crippen molar-refractivity contribution < 1.29 is 0 Å². The van der Waals surface area contributed by atoms with Gasteiger partial charge in [0.25, 0.3) is 0 Å². The number of anilines is 1. The molecular weight excluding hydrogens is 270 g/mol. The molecule has 3 aromatic rings. The normalized spacial score (nSPS) is 10.6. The van der Waals surface area contributed by atoms with Crippen LogP contribution in [-0.2, 0) is 0 Å². The molecule has 0 amide bonds. The minimum atomic E-state index is 0.289. The maximum Gasteiger partial charge on any atom is 0.132 e. The largest absolute Gasteiger partial charge is 0.369 e. The molecule has 0 spiro atoms. The Balaban J connectivity index is 1.85. The van der Waals surface area contributed by atoms with Crippen LogP contribution in [0.15, 0.2) is 73.2 Å². The first-order chi connectivity index (χ1) is 10.8. The van der Waals surface area contributed by atoms with Gasteiger partial charge in [-0.2, -0.15) is 0 Å². The summed E-state index contributed by atoms with van der Waals surface area (Å²) in [6.07, 6.45) is 3.41. The molecule has 0 unspecified atom stereocenters. The van der Waals surface area contributed by atoms with Crippen LogP contribution in [0.3, 0.4) is 0 Å². The second-order valence-corrected chi connectivity index (χ2v) is 5.31. The van der Waals surface area contributed by atoms with Crippen LogP contribution in [0.4, 0.5) is 5.82 Å². The van der Waals surface area contributed by atoms with E-state index in [0.717, 1.165) is 17.9 Å². The molecule has 0 aliphatic heterocycles. The highest BCUT2D eigenvalue weighted by molar-refractivity contribution is 5.43. The third-order valence-corrected chi connectivity index (χ3v) is 3.77. The number of hydrogen-bond donors (Lipinski definition) is 1. The SMILES string of the molecule is Cc1cncnc1NCC(c1ccccc1)c1ccccc1. The van der Waals surface area contributed by atoms with Crippen LogP contribution >= 0.6 is 0 Å². The van der Waals surface area contributed by atoms with Crippen molar-refractivity contribution in [3.8, 4) is 0 Å². The molecule has 0 radical (unpaired) electrons. The second-order valence-electron chi connectivity index (χ2n) is 5.31. The monoisotopic (exact) mass is 289 g/mol. The third-order valence-electron chi connectivity index (χ3n) is 3.77. The van der Waals surface area contributed by atoms with Crippen LogP contribution in [-0.4, -0.2) is 16.5 Å². The number of aromatic nitrogens is 2. The van der Waals surface area contributed by atoms with Crippen molar-refractivity contribution in [2.75, 3.05) is 11.9 Å². The molecule has 0 saturated heterocycles. The molecule has 0 saturated carbocycles. The zero-order valence-electron chi connectivity index (χ0n) is 12.6. The fourth-order valence-electron chi connectivity index (χ4n) is 2.58. The lowest BCUT2D eigenvalue weighted by Gasteiger charge is -2.19. The van der Waals surface area contributed by atoms with Crippen LogP contribution < -0.4 is 5.32 Å². The van der Waals surface area contributed by atoms with E-state index >= 15 is 0 Å². The van der Waals surface area contributed by atoms with Gasteiger partial charge < -0.3 is 5.32 Å². The van der Waals surface area contributed by atoms with Gasteiger partial charge in [-0.1, -0.05) is 60.7 Å². The van der Waals surface area contributed by atoms with Crippen molar-refractivity contribution in [1.82, 2.24) is 9.97 Å². The van der Waals surface area contributed by atoms with E-state index in [1.165, 1.54) is 11.1 Å². The van der Waals surface area contributed by atoms with Crippen molar-refractivity contribution in [1.29, 1.82) is 0 Å². The van der Waals surface area contributed by atoms with E-state index in [2.05, 4.69) is 63.8 Å². The van der Waals surface area contributed by atoms with Crippen LogP contribution in [0, 0.1) is 6.92 Å². The summed E-state index contributed by atoms with van der Waals surface area (Å²) < 4.78 is 0. The highest BCUT2D eigenvalue weighted by Crippen LogP contribution is 2.25. The number of benzene rings is 2. The van der Waals surface area contributed by atoms with Gasteiger partial charge in [0.2, 0.25) is 0 Å². The first kappa shape index (κ1) is 14.3. The van der Waals surface area contributed by atoms with Crippen LogP contribution in [0.5, 0.6) is 0 Å².